The van der Waals surface area contributed by atoms with Gasteiger partial charge >= 0.3 is 0 Å². The van der Waals surface area contributed by atoms with E-state index in [1.165, 1.54) is 0 Å². The second kappa shape index (κ2) is 4.56. The Bertz CT molecular complexity index is 623. The molecule has 2 aromatic carbocycles. The molecular weight excluding hydrogens is 236 g/mol. The van der Waals surface area contributed by atoms with E-state index in [1.54, 1.807) is 25.1 Å². The van der Waals surface area contributed by atoms with Crippen molar-refractivity contribution >= 4 is 11.5 Å². The SMILES string of the molecule is Cc1c(N)cccc1C(=O)c1ccc(F)cc1F. The molecule has 2 aromatic rings. The molecule has 2 rings (SSSR count). The minimum Gasteiger partial charge on any atom is -0.398 e. The van der Waals surface area contributed by atoms with Gasteiger partial charge in [0.05, 0.1) is 5.56 Å². The maximum absolute atomic E-state index is 13.5. The van der Waals surface area contributed by atoms with Gasteiger partial charge in [-0.2, -0.15) is 0 Å². The number of nitrogen functional groups attached to an aromatic ring is 1. The van der Waals surface area contributed by atoms with Gasteiger partial charge in [-0.25, -0.2) is 8.78 Å². The van der Waals surface area contributed by atoms with Crippen LogP contribution >= 0.6 is 0 Å². The summed E-state index contributed by atoms with van der Waals surface area (Å²) in [6.45, 7) is 1.68. The average molecular weight is 247 g/mol. The summed E-state index contributed by atoms with van der Waals surface area (Å²) >= 11 is 0. The molecule has 0 saturated carbocycles. The summed E-state index contributed by atoms with van der Waals surface area (Å²) in [4.78, 5) is 12.1. The summed E-state index contributed by atoms with van der Waals surface area (Å²) in [6.07, 6.45) is 0. The van der Waals surface area contributed by atoms with E-state index in [1.807, 2.05) is 0 Å². The first-order valence-corrected chi connectivity index (χ1v) is 5.35. The summed E-state index contributed by atoms with van der Waals surface area (Å²) in [5, 5.41) is 0. The van der Waals surface area contributed by atoms with Crippen molar-refractivity contribution in [1.29, 1.82) is 0 Å². The Kier molecular flexibility index (Phi) is 3.10. The van der Waals surface area contributed by atoms with Crippen molar-refractivity contribution in [2.75, 3.05) is 5.73 Å². The average Bonchev–Trinajstić information content (AvgIpc) is 2.32. The molecule has 0 radical (unpaired) electrons. The molecule has 0 aromatic heterocycles. The summed E-state index contributed by atoms with van der Waals surface area (Å²) < 4.78 is 26.3. The molecule has 0 spiro atoms. The van der Waals surface area contributed by atoms with Crippen LogP contribution in [0.4, 0.5) is 14.5 Å². The van der Waals surface area contributed by atoms with Crippen molar-refractivity contribution in [1.82, 2.24) is 0 Å². The van der Waals surface area contributed by atoms with Crippen LogP contribution in [0.3, 0.4) is 0 Å². The third-order valence-corrected chi connectivity index (χ3v) is 2.80. The number of rotatable bonds is 2. The smallest absolute Gasteiger partial charge is 0.196 e. The van der Waals surface area contributed by atoms with Gasteiger partial charge in [0.2, 0.25) is 0 Å². The Balaban J connectivity index is 2.51. The van der Waals surface area contributed by atoms with E-state index in [0.29, 0.717) is 22.9 Å². The zero-order valence-electron chi connectivity index (χ0n) is 9.71. The highest BCUT2D eigenvalue weighted by atomic mass is 19.1. The summed E-state index contributed by atoms with van der Waals surface area (Å²) in [7, 11) is 0. The van der Waals surface area contributed by atoms with Gasteiger partial charge in [0.1, 0.15) is 11.6 Å². The van der Waals surface area contributed by atoms with E-state index in [4.69, 9.17) is 5.73 Å². The lowest BCUT2D eigenvalue weighted by Crippen LogP contribution is -2.08. The molecule has 0 fully saturated rings. The number of hydrogen-bond donors (Lipinski definition) is 1. The van der Waals surface area contributed by atoms with Gasteiger partial charge in [-0.1, -0.05) is 12.1 Å². The number of benzene rings is 2. The maximum Gasteiger partial charge on any atom is 0.196 e. The Morgan fingerprint density at radius 3 is 2.50 bits per heavy atom. The van der Waals surface area contributed by atoms with Gasteiger partial charge < -0.3 is 5.73 Å². The van der Waals surface area contributed by atoms with Crippen LogP contribution in [0.15, 0.2) is 36.4 Å². The Hall–Kier alpha value is -2.23. The predicted octanol–water partition coefficient (Wildman–Crippen LogP) is 3.09. The third kappa shape index (κ3) is 2.09. The van der Waals surface area contributed by atoms with E-state index in [9.17, 15) is 13.6 Å². The number of carbonyl (C=O) groups excluding carboxylic acids is 1. The topological polar surface area (TPSA) is 43.1 Å². The molecule has 92 valence electrons. The number of hydrogen-bond acceptors (Lipinski definition) is 2. The number of halogens is 2. The second-order valence-electron chi connectivity index (χ2n) is 3.97. The lowest BCUT2D eigenvalue weighted by atomic mass is 9.98. The molecular formula is C14H11F2NO. The van der Waals surface area contributed by atoms with Crippen molar-refractivity contribution in [3.05, 3.63) is 64.7 Å². The molecule has 2 nitrogen and oxygen atoms in total. The Morgan fingerprint density at radius 2 is 1.83 bits per heavy atom. The first kappa shape index (κ1) is 12.2. The number of nitrogens with two attached hydrogens (primary N) is 1. The molecule has 18 heavy (non-hydrogen) atoms. The fourth-order valence-electron chi connectivity index (χ4n) is 1.72. The molecule has 2 N–H and O–H groups in total. The molecule has 0 bridgehead atoms. The van der Waals surface area contributed by atoms with Crippen molar-refractivity contribution in [3.63, 3.8) is 0 Å². The normalized spacial score (nSPS) is 10.4. The molecule has 0 aliphatic rings. The highest BCUT2D eigenvalue weighted by molar-refractivity contribution is 6.10. The molecule has 0 heterocycles. The summed E-state index contributed by atoms with van der Waals surface area (Å²) in [5.74, 6) is -2.09. The fourth-order valence-corrected chi connectivity index (χ4v) is 1.72. The van der Waals surface area contributed by atoms with Crippen molar-refractivity contribution in [2.45, 2.75) is 6.92 Å². The minimum atomic E-state index is -0.873. The van der Waals surface area contributed by atoms with Crippen molar-refractivity contribution in [3.8, 4) is 0 Å². The van der Waals surface area contributed by atoms with Crippen LogP contribution in [-0.4, -0.2) is 5.78 Å². The molecule has 0 atom stereocenters. The Morgan fingerprint density at radius 1 is 1.11 bits per heavy atom. The minimum absolute atomic E-state index is 0.162. The highest BCUT2D eigenvalue weighted by Crippen LogP contribution is 2.21. The van der Waals surface area contributed by atoms with Gasteiger partial charge in [0.25, 0.3) is 0 Å². The van der Waals surface area contributed by atoms with E-state index in [-0.39, 0.29) is 5.56 Å². The molecule has 4 heteroatoms. The van der Waals surface area contributed by atoms with Crippen LogP contribution in [-0.2, 0) is 0 Å². The molecule has 0 aliphatic heterocycles. The van der Waals surface area contributed by atoms with Crippen LogP contribution in [0.5, 0.6) is 0 Å². The van der Waals surface area contributed by atoms with Crippen LogP contribution in [0.1, 0.15) is 21.5 Å². The summed E-state index contributed by atoms with van der Waals surface area (Å²) in [5.41, 5.74) is 6.90. The number of ketones is 1. The monoisotopic (exact) mass is 247 g/mol. The van der Waals surface area contributed by atoms with E-state index in [2.05, 4.69) is 0 Å². The van der Waals surface area contributed by atoms with Crippen LogP contribution in [0, 0.1) is 18.6 Å². The van der Waals surface area contributed by atoms with Crippen molar-refractivity contribution < 1.29 is 13.6 Å². The van der Waals surface area contributed by atoms with Crippen LogP contribution in [0.25, 0.3) is 0 Å². The van der Waals surface area contributed by atoms with E-state index < -0.39 is 17.4 Å². The molecule has 0 amide bonds. The van der Waals surface area contributed by atoms with Crippen LogP contribution in [0.2, 0.25) is 0 Å². The van der Waals surface area contributed by atoms with Gasteiger partial charge in [-0.3, -0.25) is 4.79 Å². The number of carbonyl (C=O) groups is 1. The molecule has 0 saturated heterocycles. The zero-order valence-corrected chi connectivity index (χ0v) is 9.71. The highest BCUT2D eigenvalue weighted by Gasteiger charge is 2.17. The molecule has 0 aliphatic carbocycles. The standard InChI is InChI=1S/C14H11F2NO/c1-8-10(3-2-4-13(8)17)14(18)11-6-5-9(15)7-12(11)16/h2-7H,17H2,1H3. The predicted molar refractivity (Wildman–Crippen MR) is 65.4 cm³/mol. The van der Waals surface area contributed by atoms with Gasteiger partial charge in [0, 0.05) is 17.3 Å². The number of anilines is 1. The van der Waals surface area contributed by atoms with Crippen molar-refractivity contribution in [2.24, 2.45) is 0 Å². The quantitative estimate of drug-likeness (QED) is 0.654. The van der Waals surface area contributed by atoms with E-state index in [0.717, 1.165) is 12.1 Å². The lowest BCUT2D eigenvalue weighted by Gasteiger charge is -2.08. The summed E-state index contributed by atoms with van der Waals surface area (Å²) in [6, 6.07) is 7.73. The first-order chi connectivity index (χ1) is 8.50. The first-order valence-electron chi connectivity index (χ1n) is 5.35. The Labute approximate surface area is 103 Å². The fraction of sp³-hybridized carbons (Fsp3) is 0.0714. The zero-order chi connectivity index (χ0) is 13.3. The maximum atomic E-state index is 13.5. The van der Waals surface area contributed by atoms with Gasteiger partial charge in [-0.15, -0.1) is 0 Å². The lowest BCUT2D eigenvalue weighted by molar-refractivity contribution is 0.103. The molecule has 0 unspecified atom stereocenters. The van der Waals surface area contributed by atoms with Gasteiger partial charge in [-0.05, 0) is 30.7 Å². The largest absolute Gasteiger partial charge is 0.398 e. The third-order valence-electron chi connectivity index (χ3n) is 2.80. The van der Waals surface area contributed by atoms with Gasteiger partial charge in [0.15, 0.2) is 5.78 Å². The second-order valence-corrected chi connectivity index (χ2v) is 3.97. The van der Waals surface area contributed by atoms with E-state index >= 15 is 0 Å². The van der Waals surface area contributed by atoms with Crippen LogP contribution < -0.4 is 5.73 Å².